The number of aromatic nitrogens is 1. The number of benzene rings is 3. The van der Waals surface area contributed by atoms with Crippen molar-refractivity contribution in [1.29, 1.82) is 0 Å². The van der Waals surface area contributed by atoms with Crippen molar-refractivity contribution in [3.05, 3.63) is 90.0 Å². The largest absolute Gasteiger partial charge is 0.320 e. The molecule has 0 bridgehead atoms. The molecule has 0 aliphatic heterocycles. The normalized spacial score (nSPS) is 15.3. The molecule has 1 aliphatic carbocycles. The Balaban J connectivity index is 1.79. The highest BCUT2D eigenvalue weighted by atomic mass is 14.7. The fourth-order valence-electron chi connectivity index (χ4n) is 3.72. The summed E-state index contributed by atoms with van der Waals surface area (Å²) in [6.45, 7) is 0. The van der Waals surface area contributed by atoms with E-state index in [1.807, 2.05) is 12.1 Å². The summed E-state index contributed by atoms with van der Waals surface area (Å²) in [5.41, 5.74) is 14.5. The third-order valence-corrected chi connectivity index (χ3v) is 4.87. The highest BCUT2D eigenvalue weighted by molar-refractivity contribution is 5.92. The fourth-order valence-corrected chi connectivity index (χ4v) is 3.72. The van der Waals surface area contributed by atoms with Gasteiger partial charge in [0.1, 0.15) is 0 Å². The van der Waals surface area contributed by atoms with Crippen molar-refractivity contribution in [2.75, 3.05) is 0 Å². The number of nitrogens with zero attached hydrogens (tertiary/aromatic N) is 1. The van der Waals surface area contributed by atoms with E-state index in [1.54, 1.807) is 0 Å². The third-order valence-electron chi connectivity index (χ3n) is 4.87. The Hall–Kier alpha value is -2.97. The number of fused-ring (bicyclic) bond motifs is 4. The summed E-state index contributed by atoms with van der Waals surface area (Å²) < 4.78 is 0. The molecule has 0 fully saturated rings. The lowest BCUT2D eigenvalue weighted by Crippen LogP contribution is -2.07. The van der Waals surface area contributed by atoms with Gasteiger partial charge < -0.3 is 5.73 Å². The van der Waals surface area contributed by atoms with Gasteiger partial charge in [0.25, 0.3) is 0 Å². The Kier molecular flexibility index (Phi) is 2.81. The topological polar surface area (TPSA) is 38.9 Å². The maximum absolute atomic E-state index is 6.48. The van der Waals surface area contributed by atoms with E-state index in [9.17, 15) is 0 Å². The van der Waals surface area contributed by atoms with E-state index in [0.717, 1.165) is 22.2 Å². The molecular formula is C22H16N2. The minimum Gasteiger partial charge on any atom is -0.320 e. The Labute approximate surface area is 140 Å². The lowest BCUT2D eigenvalue weighted by molar-refractivity contribution is 0.901. The van der Waals surface area contributed by atoms with E-state index in [-0.39, 0.29) is 6.04 Å². The summed E-state index contributed by atoms with van der Waals surface area (Å²) in [5, 5.41) is 1.16. The van der Waals surface area contributed by atoms with Crippen molar-refractivity contribution in [1.82, 2.24) is 4.98 Å². The SMILES string of the molecule is NC1c2ccccc2-c2c(-c3ccc4ccccc4n3)cccc21. The molecule has 1 aromatic heterocycles. The molecule has 1 heterocycles. The predicted molar refractivity (Wildman–Crippen MR) is 98.6 cm³/mol. The molecule has 24 heavy (non-hydrogen) atoms. The molecule has 2 N–H and O–H groups in total. The maximum Gasteiger partial charge on any atom is 0.0716 e. The Bertz CT molecular complexity index is 1080. The molecule has 1 aliphatic rings. The van der Waals surface area contributed by atoms with Gasteiger partial charge in [0.15, 0.2) is 0 Å². The van der Waals surface area contributed by atoms with Gasteiger partial charge >= 0.3 is 0 Å². The van der Waals surface area contributed by atoms with Gasteiger partial charge in [0.05, 0.1) is 17.3 Å². The first-order valence-electron chi connectivity index (χ1n) is 8.17. The summed E-state index contributed by atoms with van der Waals surface area (Å²) in [5.74, 6) is 0. The smallest absolute Gasteiger partial charge is 0.0716 e. The van der Waals surface area contributed by atoms with Gasteiger partial charge in [-0.3, -0.25) is 0 Å². The number of hydrogen-bond donors (Lipinski definition) is 1. The predicted octanol–water partition coefficient (Wildman–Crippen LogP) is 4.93. The second kappa shape index (κ2) is 5.02. The van der Waals surface area contributed by atoms with Crippen LogP contribution in [0.1, 0.15) is 17.2 Å². The van der Waals surface area contributed by atoms with Crippen LogP contribution in [-0.2, 0) is 0 Å². The Morgan fingerprint density at radius 1 is 0.667 bits per heavy atom. The van der Waals surface area contributed by atoms with E-state index >= 15 is 0 Å². The first kappa shape index (κ1) is 13.5. The van der Waals surface area contributed by atoms with Gasteiger partial charge in [0.2, 0.25) is 0 Å². The molecule has 0 saturated heterocycles. The van der Waals surface area contributed by atoms with Crippen LogP contribution in [-0.4, -0.2) is 4.98 Å². The molecule has 5 rings (SSSR count). The van der Waals surface area contributed by atoms with Crippen LogP contribution in [0.5, 0.6) is 0 Å². The number of para-hydroxylation sites is 1. The highest BCUT2D eigenvalue weighted by Crippen LogP contribution is 2.46. The van der Waals surface area contributed by atoms with Crippen molar-refractivity contribution in [3.63, 3.8) is 0 Å². The molecular weight excluding hydrogens is 292 g/mol. The summed E-state index contributed by atoms with van der Waals surface area (Å²) in [4.78, 5) is 4.88. The van der Waals surface area contributed by atoms with Crippen molar-refractivity contribution >= 4 is 10.9 Å². The van der Waals surface area contributed by atoms with Gasteiger partial charge in [-0.1, -0.05) is 66.7 Å². The second-order valence-electron chi connectivity index (χ2n) is 6.22. The average Bonchev–Trinajstić information content (AvgIpc) is 2.95. The zero-order valence-electron chi connectivity index (χ0n) is 13.1. The van der Waals surface area contributed by atoms with Crippen LogP contribution >= 0.6 is 0 Å². The molecule has 2 nitrogen and oxygen atoms in total. The van der Waals surface area contributed by atoms with Gasteiger partial charge in [-0.2, -0.15) is 0 Å². The molecule has 114 valence electrons. The number of hydrogen-bond acceptors (Lipinski definition) is 2. The fraction of sp³-hybridized carbons (Fsp3) is 0.0455. The van der Waals surface area contributed by atoms with E-state index in [0.29, 0.717) is 0 Å². The molecule has 4 aromatic rings. The van der Waals surface area contributed by atoms with Gasteiger partial charge in [-0.05, 0) is 34.4 Å². The van der Waals surface area contributed by atoms with E-state index in [2.05, 4.69) is 66.7 Å². The summed E-state index contributed by atoms with van der Waals surface area (Å²) in [7, 11) is 0. The highest BCUT2D eigenvalue weighted by Gasteiger charge is 2.28. The van der Waals surface area contributed by atoms with Crippen molar-refractivity contribution in [2.24, 2.45) is 5.73 Å². The van der Waals surface area contributed by atoms with Crippen LogP contribution in [0.3, 0.4) is 0 Å². The van der Waals surface area contributed by atoms with E-state index in [4.69, 9.17) is 10.7 Å². The molecule has 0 radical (unpaired) electrons. The summed E-state index contributed by atoms with van der Waals surface area (Å²) in [6.07, 6.45) is 0. The lowest BCUT2D eigenvalue weighted by Gasteiger charge is -2.11. The first-order chi connectivity index (χ1) is 11.8. The Morgan fingerprint density at radius 3 is 2.38 bits per heavy atom. The Morgan fingerprint density at radius 2 is 1.42 bits per heavy atom. The second-order valence-corrected chi connectivity index (χ2v) is 6.22. The number of pyridine rings is 1. The number of rotatable bonds is 1. The van der Waals surface area contributed by atoms with E-state index in [1.165, 1.54) is 22.3 Å². The molecule has 3 aromatic carbocycles. The van der Waals surface area contributed by atoms with Gasteiger partial charge in [0, 0.05) is 10.9 Å². The zero-order valence-corrected chi connectivity index (χ0v) is 13.1. The van der Waals surface area contributed by atoms with Crippen molar-refractivity contribution < 1.29 is 0 Å². The maximum atomic E-state index is 6.48. The molecule has 0 spiro atoms. The minimum absolute atomic E-state index is 0.0587. The molecule has 1 atom stereocenters. The average molecular weight is 308 g/mol. The van der Waals surface area contributed by atoms with E-state index < -0.39 is 0 Å². The monoisotopic (exact) mass is 308 g/mol. The summed E-state index contributed by atoms with van der Waals surface area (Å²) >= 11 is 0. The molecule has 0 amide bonds. The van der Waals surface area contributed by atoms with Crippen LogP contribution in [0.25, 0.3) is 33.3 Å². The van der Waals surface area contributed by atoms with Crippen LogP contribution in [0.2, 0.25) is 0 Å². The van der Waals surface area contributed by atoms with Crippen LogP contribution in [0.4, 0.5) is 0 Å². The lowest BCUT2D eigenvalue weighted by atomic mass is 9.96. The summed E-state index contributed by atoms with van der Waals surface area (Å²) in [6, 6.07) is 27.2. The van der Waals surface area contributed by atoms with Gasteiger partial charge in [-0.15, -0.1) is 0 Å². The first-order valence-corrected chi connectivity index (χ1v) is 8.17. The van der Waals surface area contributed by atoms with Gasteiger partial charge in [-0.25, -0.2) is 4.98 Å². The zero-order chi connectivity index (χ0) is 16.1. The van der Waals surface area contributed by atoms with Crippen LogP contribution in [0, 0.1) is 0 Å². The van der Waals surface area contributed by atoms with Crippen LogP contribution < -0.4 is 5.73 Å². The number of nitrogens with two attached hydrogens (primary N) is 1. The third kappa shape index (κ3) is 1.84. The molecule has 0 saturated carbocycles. The van der Waals surface area contributed by atoms with Crippen LogP contribution in [0.15, 0.2) is 78.9 Å². The van der Waals surface area contributed by atoms with Crippen molar-refractivity contribution in [2.45, 2.75) is 6.04 Å². The molecule has 2 heteroatoms. The minimum atomic E-state index is -0.0587. The standard InChI is InChI=1S/C22H16N2/c23-22-16-8-3-2-7-15(16)21-17(9-5-10-18(21)22)20-13-12-14-6-1-4-11-19(14)24-20/h1-13,22H,23H2. The quantitative estimate of drug-likeness (QED) is 0.541. The van der Waals surface area contributed by atoms with Crippen molar-refractivity contribution in [3.8, 4) is 22.4 Å². The molecule has 1 unspecified atom stereocenters.